The smallest absolute Gasteiger partial charge is 0.249 e. The highest BCUT2D eigenvalue weighted by atomic mass is 16.5. The number of nitrogens with one attached hydrogen (secondary N) is 1. The molecule has 0 aromatic carbocycles. The number of carbonyl (C=O) groups excluding carboxylic acids is 2. The summed E-state index contributed by atoms with van der Waals surface area (Å²) in [6.07, 6.45) is 4.08. The number of aromatic nitrogens is 3. The number of likely N-dealkylation sites (tertiary alicyclic amines) is 1. The Balaban J connectivity index is 1.47. The zero-order valence-electron chi connectivity index (χ0n) is 15.6. The second-order valence-electron chi connectivity index (χ2n) is 7.23. The van der Waals surface area contributed by atoms with Crippen LogP contribution in [0.2, 0.25) is 0 Å². The van der Waals surface area contributed by atoms with Crippen molar-refractivity contribution in [2.75, 3.05) is 26.2 Å². The van der Waals surface area contributed by atoms with Crippen molar-refractivity contribution in [3.05, 3.63) is 24.0 Å². The third kappa shape index (κ3) is 3.66. The molecule has 8 nitrogen and oxygen atoms in total. The first-order valence-electron chi connectivity index (χ1n) is 9.59. The molecule has 144 valence electrons. The predicted octanol–water partition coefficient (Wildman–Crippen LogP) is 1.06. The maximum Gasteiger partial charge on any atom is 0.249 e. The van der Waals surface area contributed by atoms with Gasteiger partial charge in [-0.25, -0.2) is 9.67 Å². The number of ether oxygens (including phenoxy) is 1. The molecular weight excluding hydrogens is 346 g/mol. The van der Waals surface area contributed by atoms with Crippen molar-refractivity contribution >= 4 is 22.8 Å². The Labute approximate surface area is 157 Å². The second-order valence-corrected chi connectivity index (χ2v) is 7.23. The van der Waals surface area contributed by atoms with Crippen molar-refractivity contribution < 1.29 is 14.3 Å². The van der Waals surface area contributed by atoms with Crippen LogP contribution in [0.5, 0.6) is 0 Å². The van der Waals surface area contributed by atoms with Crippen LogP contribution in [0.3, 0.4) is 0 Å². The number of pyridine rings is 1. The van der Waals surface area contributed by atoms with Crippen molar-refractivity contribution in [1.29, 1.82) is 0 Å². The molecule has 0 radical (unpaired) electrons. The highest BCUT2D eigenvalue weighted by Gasteiger charge is 2.29. The quantitative estimate of drug-likeness (QED) is 0.849. The van der Waals surface area contributed by atoms with Gasteiger partial charge in [-0.3, -0.25) is 9.59 Å². The van der Waals surface area contributed by atoms with Gasteiger partial charge >= 0.3 is 0 Å². The summed E-state index contributed by atoms with van der Waals surface area (Å²) in [5.41, 5.74) is 1.81. The van der Waals surface area contributed by atoms with Crippen LogP contribution in [0.1, 0.15) is 37.8 Å². The van der Waals surface area contributed by atoms with Gasteiger partial charge in [0.25, 0.3) is 0 Å². The predicted molar refractivity (Wildman–Crippen MR) is 99.1 cm³/mol. The van der Waals surface area contributed by atoms with Crippen molar-refractivity contribution in [3.63, 3.8) is 0 Å². The van der Waals surface area contributed by atoms with Crippen molar-refractivity contribution in [1.82, 2.24) is 25.0 Å². The molecule has 2 unspecified atom stereocenters. The van der Waals surface area contributed by atoms with Gasteiger partial charge in [0.15, 0.2) is 5.65 Å². The lowest BCUT2D eigenvalue weighted by Crippen LogP contribution is -2.36. The molecule has 2 aromatic rings. The lowest BCUT2D eigenvalue weighted by molar-refractivity contribution is -0.130. The molecule has 27 heavy (non-hydrogen) atoms. The molecule has 2 saturated heterocycles. The summed E-state index contributed by atoms with van der Waals surface area (Å²) in [5, 5.41) is 8.75. The molecular formula is C19H25N5O3. The monoisotopic (exact) mass is 371 g/mol. The first-order chi connectivity index (χ1) is 13.1. The van der Waals surface area contributed by atoms with E-state index in [4.69, 9.17) is 9.84 Å². The molecule has 2 fully saturated rings. The number of nitrogens with zero attached hydrogens (tertiary/aromatic N) is 4. The van der Waals surface area contributed by atoms with Gasteiger partial charge in [-0.1, -0.05) is 0 Å². The number of carbonyl (C=O) groups is 2. The second kappa shape index (κ2) is 7.64. The Kier molecular flexibility index (Phi) is 5.07. The van der Waals surface area contributed by atoms with Crippen LogP contribution in [0.15, 0.2) is 18.3 Å². The van der Waals surface area contributed by atoms with Crippen LogP contribution < -0.4 is 5.32 Å². The summed E-state index contributed by atoms with van der Waals surface area (Å²) in [7, 11) is 0. The molecule has 0 saturated carbocycles. The highest BCUT2D eigenvalue weighted by molar-refractivity contribution is 5.81. The minimum atomic E-state index is -0.316. The Morgan fingerprint density at radius 3 is 3.00 bits per heavy atom. The van der Waals surface area contributed by atoms with E-state index in [1.165, 1.54) is 0 Å². The molecule has 0 bridgehead atoms. The molecule has 2 aliphatic heterocycles. The van der Waals surface area contributed by atoms with Crippen LogP contribution in [0.4, 0.5) is 0 Å². The van der Waals surface area contributed by atoms with Crippen LogP contribution in [0, 0.1) is 0 Å². The molecule has 2 amide bonds. The largest absolute Gasteiger partial charge is 0.368 e. The lowest BCUT2D eigenvalue weighted by Gasteiger charge is -2.13. The van der Waals surface area contributed by atoms with E-state index in [1.54, 1.807) is 13.1 Å². The van der Waals surface area contributed by atoms with Gasteiger partial charge in [-0.05, 0) is 31.4 Å². The summed E-state index contributed by atoms with van der Waals surface area (Å²) in [5.74, 6) is 0.282. The molecule has 4 rings (SSSR count). The van der Waals surface area contributed by atoms with E-state index in [0.717, 1.165) is 42.5 Å². The minimum absolute atomic E-state index is 0.0509. The van der Waals surface area contributed by atoms with Gasteiger partial charge in [-0.15, -0.1) is 0 Å². The van der Waals surface area contributed by atoms with Crippen LogP contribution >= 0.6 is 0 Å². The standard InChI is InChI=1S/C19H25N5O3/c1-13(25)23-9-6-14(12-23)17-15-4-2-7-20-18(15)24(22-17)10-8-21-19(26)16-5-3-11-27-16/h2,4,7,14,16H,3,5-6,8-12H2,1H3,(H,21,26). The zero-order valence-corrected chi connectivity index (χ0v) is 15.6. The van der Waals surface area contributed by atoms with Crippen LogP contribution in [-0.4, -0.2) is 63.8 Å². The molecule has 4 heterocycles. The summed E-state index contributed by atoms with van der Waals surface area (Å²) in [6, 6.07) is 3.94. The van der Waals surface area contributed by atoms with E-state index in [2.05, 4.69) is 10.3 Å². The van der Waals surface area contributed by atoms with E-state index in [-0.39, 0.29) is 23.8 Å². The van der Waals surface area contributed by atoms with Crippen molar-refractivity contribution in [2.24, 2.45) is 0 Å². The van der Waals surface area contributed by atoms with E-state index in [1.807, 2.05) is 21.7 Å². The fourth-order valence-electron chi connectivity index (χ4n) is 3.94. The molecule has 2 aromatic heterocycles. The minimum Gasteiger partial charge on any atom is -0.368 e. The van der Waals surface area contributed by atoms with Gasteiger partial charge in [0.1, 0.15) is 6.10 Å². The van der Waals surface area contributed by atoms with Gasteiger partial charge in [0, 0.05) is 50.7 Å². The normalized spacial score (nSPS) is 22.5. The summed E-state index contributed by atoms with van der Waals surface area (Å²) >= 11 is 0. The van der Waals surface area contributed by atoms with E-state index >= 15 is 0 Å². The summed E-state index contributed by atoms with van der Waals surface area (Å²) < 4.78 is 7.27. The fourth-order valence-corrected chi connectivity index (χ4v) is 3.94. The summed E-state index contributed by atoms with van der Waals surface area (Å²) in [4.78, 5) is 30.1. The first kappa shape index (κ1) is 17.9. The number of hydrogen-bond acceptors (Lipinski definition) is 5. The van der Waals surface area contributed by atoms with Crippen LogP contribution in [0.25, 0.3) is 11.0 Å². The average Bonchev–Trinajstić information content (AvgIpc) is 3.41. The third-order valence-electron chi connectivity index (χ3n) is 5.40. The van der Waals surface area contributed by atoms with Crippen molar-refractivity contribution in [2.45, 2.75) is 44.8 Å². The molecule has 1 N–H and O–H groups in total. The Bertz CT molecular complexity index is 843. The molecule has 0 spiro atoms. The number of hydrogen-bond donors (Lipinski definition) is 1. The highest BCUT2D eigenvalue weighted by Crippen LogP contribution is 2.31. The Hall–Kier alpha value is -2.48. The maximum absolute atomic E-state index is 12.1. The lowest BCUT2D eigenvalue weighted by atomic mass is 10.0. The van der Waals surface area contributed by atoms with E-state index in [9.17, 15) is 9.59 Å². The van der Waals surface area contributed by atoms with Crippen molar-refractivity contribution in [3.8, 4) is 0 Å². The van der Waals surface area contributed by atoms with E-state index in [0.29, 0.717) is 26.2 Å². The average molecular weight is 371 g/mol. The topological polar surface area (TPSA) is 89.4 Å². The van der Waals surface area contributed by atoms with Crippen LogP contribution in [-0.2, 0) is 20.9 Å². The van der Waals surface area contributed by atoms with Gasteiger partial charge in [0.05, 0.1) is 12.2 Å². The summed E-state index contributed by atoms with van der Waals surface area (Å²) in [6.45, 7) is 4.77. The maximum atomic E-state index is 12.1. The molecule has 2 atom stereocenters. The fraction of sp³-hybridized carbons (Fsp3) is 0.579. The Morgan fingerprint density at radius 1 is 1.37 bits per heavy atom. The SMILES string of the molecule is CC(=O)N1CCC(c2nn(CCNC(=O)C3CCCO3)c3ncccc23)C1. The first-order valence-corrected chi connectivity index (χ1v) is 9.59. The van der Waals surface area contributed by atoms with Gasteiger partial charge < -0.3 is 15.0 Å². The Morgan fingerprint density at radius 2 is 2.26 bits per heavy atom. The molecule has 8 heteroatoms. The number of amides is 2. The zero-order chi connectivity index (χ0) is 18.8. The molecule has 2 aliphatic rings. The molecule has 0 aliphatic carbocycles. The third-order valence-corrected chi connectivity index (χ3v) is 5.40. The number of fused-ring (bicyclic) bond motifs is 1. The van der Waals surface area contributed by atoms with E-state index < -0.39 is 0 Å². The van der Waals surface area contributed by atoms with Gasteiger partial charge in [0.2, 0.25) is 11.8 Å². The van der Waals surface area contributed by atoms with Gasteiger partial charge in [-0.2, -0.15) is 5.10 Å². The number of rotatable bonds is 5.